The van der Waals surface area contributed by atoms with Gasteiger partial charge in [-0.1, -0.05) is 72.4 Å². The van der Waals surface area contributed by atoms with Crippen molar-refractivity contribution in [3.63, 3.8) is 0 Å². The average Bonchev–Trinajstić information content (AvgIpc) is 2.91. The van der Waals surface area contributed by atoms with Crippen LogP contribution in [0.2, 0.25) is 0 Å². The van der Waals surface area contributed by atoms with Gasteiger partial charge in [-0.2, -0.15) is 0 Å². The zero-order chi connectivity index (χ0) is 14.7. The Balaban J connectivity index is 1.87. The van der Waals surface area contributed by atoms with Crippen LogP contribution < -0.4 is 0 Å². The van der Waals surface area contributed by atoms with Gasteiger partial charge in [0.05, 0.1) is 0 Å². The molecule has 0 bridgehead atoms. The van der Waals surface area contributed by atoms with Crippen LogP contribution in [0.25, 0.3) is 0 Å². The summed E-state index contributed by atoms with van der Waals surface area (Å²) in [6, 6.07) is 0. The van der Waals surface area contributed by atoms with Crippen molar-refractivity contribution in [3.8, 4) is 0 Å². The van der Waals surface area contributed by atoms with Gasteiger partial charge in [0.2, 0.25) is 0 Å². The third kappa shape index (κ3) is 3.47. The van der Waals surface area contributed by atoms with Gasteiger partial charge in [-0.05, 0) is 54.3 Å². The molecule has 3 aliphatic carbocycles. The first-order valence-electron chi connectivity index (χ1n) is 9.51. The van der Waals surface area contributed by atoms with Gasteiger partial charge < -0.3 is 0 Å². The summed E-state index contributed by atoms with van der Waals surface area (Å²) in [5.41, 5.74) is 3.86. The molecular weight excluding hydrogens is 271 g/mol. The Morgan fingerprint density at radius 1 is 0.905 bits per heavy atom. The summed E-state index contributed by atoms with van der Waals surface area (Å²) in [6.45, 7) is 4.84. The van der Waals surface area contributed by atoms with Gasteiger partial charge >= 0.3 is 0 Å². The molecule has 0 N–H and O–H groups in total. The molecule has 0 aromatic rings. The molecule has 0 amide bonds. The van der Waals surface area contributed by atoms with Crippen LogP contribution >= 0.6 is 7.92 Å². The first kappa shape index (κ1) is 15.8. The minimum absolute atomic E-state index is 0.135. The topological polar surface area (TPSA) is 0 Å². The summed E-state index contributed by atoms with van der Waals surface area (Å²) >= 11 is 0. The molecule has 0 aliphatic heterocycles. The summed E-state index contributed by atoms with van der Waals surface area (Å²) in [6.07, 6.45) is 21.4. The molecule has 3 aliphatic rings. The fourth-order valence-corrected chi connectivity index (χ4v) is 9.19. The largest absolute Gasteiger partial charge is 0.0770 e. The molecule has 0 aromatic carbocycles. The highest BCUT2D eigenvalue weighted by atomic mass is 31.1. The van der Waals surface area contributed by atoms with Crippen molar-refractivity contribution >= 4 is 7.92 Å². The SMILES string of the molecule is CCC1=C(P(C2CCCCC2)C2CCCCC2)C(C)C=C1. The third-order valence-electron chi connectivity index (χ3n) is 5.94. The zero-order valence-electron chi connectivity index (χ0n) is 14.1. The molecule has 0 heterocycles. The molecular formula is C20H33P. The van der Waals surface area contributed by atoms with Crippen molar-refractivity contribution in [2.45, 2.75) is 95.8 Å². The molecule has 0 saturated heterocycles. The number of hydrogen-bond acceptors (Lipinski definition) is 0. The second-order valence-corrected chi connectivity index (χ2v) is 10.2. The fraction of sp³-hybridized carbons (Fsp3) is 0.800. The van der Waals surface area contributed by atoms with Gasteiger partial charge in [-0.15, -0.1) is 0 Å². The van der Waals surface area contributed by atoms with Crippen LogP contribution in [0.3, 0.4) is 0 Å². The zero-order valence-corrected chi connectivity index (χ0v) is 15.0. The van der Waals surface area contributed by atoms with Crippen molar-refractivity contribution < 1.29 is 0 Å². The van der Waals surface area contributed by atoms with Crippen molar-refractivity contribution in [1.29, 1.82) is 0 Å². The first-order valence-corrected chi connectivity index (χ1v) is 11.0. The normalized spacial score (nSPS) is 28.8. The van der Waals surface area contributed by atoms with E-state index in [0.717, 1.165) is 17.2 Å². The second kappa shape index (κ2) is 7.45. The Hall–Kier alpha value is -0.0900. The van der Waals surface area contributed by atoms with E-state index >= 15 is 0 Å². The molecule has 0 nitrogen and oxygen atoms in total. The number of allylic oxidation sites excluding steroid dienone is 4. The maximum Gasteiger partial charge on any atom is 0.0000126 e. The highest BCUT2D eigenvalue weighted by Gasteiger charge is 2.36. The summed E-state index contributed by atoms with van der Waals surface area (Å²) < 4.78 is 0. The molecule has 0 aromatic heterocycles. The Morgan fingerprint density at radius 3 is 1.90 bits per heavy atom. The maximum absolute atomic E-state index is 2.50. The molecule has 2 saturated carbocycles. The molecule has 3 rings (SSSR count). The number of rotatable bonds is 4. The smallest absolute Gasteiger partial charge is 0.0000126 e. The minimum Gasteiger partial charge on any atom is -0.0770 e. The van der Waals surface area contributed by atoms with Crippen LogP contribution in [0.15, 0.2) is 23.0 Å². The van der Waals surface area contributed by atoms with Crippen molar-refractivity contribution in [2.24, 2.45) is 5.92 Å². The summed E-state index contributed by atoms with van der Waals surface area (Å²) in [4.78, 5) is 0. The van der Waals surface area contributed by atoms with E-state index in [0.29, 0.717) is 0 Å². The van der Waals surface area contributed by atoms with Crippen LogP contribution in [0.1, 0.15) is 84.5 Å². The van der Waals surface area contributed by atoms with E-state index in [1.165, 1.54) is 70.6 Å². The molecule has 118 valence electrons. The molecule has 1 heteroatoms. The van der Waals surface area contributed by atoms with Crippen LogP contribution in [0.5, 0.6) is 0 Å². The van der Waals surface area contributed by atoms with Gasteiger partial charge in [0.15, 0.2) is 0 Å². The highest BCUT2D eigenvalue weighted by molar-refractivity contribution is 7.63. The van der Waals surface area contributed by atoms with E-state index in [1.54, 1.807) is 5.57 Å². The lowest BCUT2D eigenvalue weighted by Gasteiger charge is -2.41. The van der Waals surface area contributed by atoms with E-state index in [9.17, 15) is 0 Å². The Bertz CT molecular complexity index is 376. The van der Waals surface area contributed by atoms with Crippen molar-refractivity contribution in [1.82, 2.24) is 0 Å². The van der Waals surface area contributed by atoms with Crippen LogP contribution in [0.4, 0.5) is 0 Å². The lowest BCUT2D eigenvalue weighted by Crippen LogP contribution is -2.22. The van der Waals surface area contributed by atoms with E-state index < -0.39 is 0 Å². The van der Waals surface area contributed by atoms with E-state index in [2.05, 4.69) is 26.0 Å². The van der Waals surface area contributed by atoms with E-state index in [-0.39, 0.29) is 7.92 Å². The monoisotopic (exact) mass is 304 g/mol. The molecule has 0 radical (unpaired) electrons. The summed E-state index contributed by atoms with van der Waals surface area (Å²) in [7, 11) is 0.135. The van der Waals surface area contributed by atoms with Crippen molar-refractivity contribution in [2.75, 3.05) is 0 Å². The van der Waals surface area contributed by atoms with Gasteiger partial charge in [0.25, 0.3) is 0 Å². The predicted octanol–water partition coefficient (Wildman–Crippen LogP) is 7.00. The van der Waals surface area contributed by atoms with Crippen LogP contribution in [0, 0.1) is 5.92 Å². The Labute approximate surface area is 133 Å². The lowest BCUT2D eigenvalue weighted by atomic mass is 9.99. The summed E-state index contributed by atoms with van der Waals surface area (Å²) in [5, 5.41) is 1.94. The van der Waals surface area contributed by atoms with Gasteiger partial charge in [-0.3, -0.25) is 0 Å². The van der Waals surface area contributed by atoms with Crippen molar-refractivity contribution in [3.05, 3.63) is 23.0 Å². The Morgan fingerprint density at radius 2 is 1.43 bits per heavy atom. The molecule has 1 atom stereocenters. The fourth-order valence-electron chi connectivity index (χ4n) is 4.84. The molecule has 21 heavy (non-hydrogen) atoms. The van der Waals surface area contributed by atoms with Gasteiger partial charge in [-0.25, -0.2) is 0 Å². The summed E-state index contributed by atoms with van der Waals surface area (Å²) in [5.74, 6) is 0.745. The quantitative estimate of drug-likeness (QED) is 0.490. The van der Waals surface area contributed by atoms with Gasteiger partial charge in [0.1, 0.15) is 0 Å². The number of hydrogen-bond donors (Lipinski definition) is 0. The minimum atomic E-state index is 0.135. The average molecular weight is 304 g/mol. The lowest BCUT2D eigenvalue weighted by molar-refractivity contribution is 0.485. The first-order chi connectivity index (χ1) is 10.3. The van der Waals surface area contributed by atoms with E-state index in [1.807, 2.05) is 5.31 Å². The Kier molecular flexibility index (Phi) is 5.60. The van der Waals surface area contributed by atoms with E-state index in [4.69, 9.17) is 0 Å². The predicted molar refractivity (Wildman–Crippen MR) is 96.3 cm³/mol. The van der Waals surface area contributed by atoms with Crippen LogP contribution in [-0.2, 0) is 0 Å². The second-order valence-electron chi connectivity index (χ2n) is 7.40. The molecule has 1 unspecified atom stereocenters. The standard InChI is InChI=1S/C20H33P/c1-3-17-15-14-16(2)20(17)21(18-10-6-4-7-11-18)19-12-8-5-9-13-19/h14-16,18-19H,3-13H2,1-2H3. The molecule has 2 fully saturated rings. The van der Waals surface area contributed by atoms with Gasteiger partial charge in [0, 0.05) is 5.92 Å². The third-order valence-corrected chi connectivity index (χ3v) is 9.80. The highest BCUT2D eigenvalue weighted by Crippen LogP contribution is 2.64. The maximum atomic E-state index is 2.50. The molecule has 0 spiro atoms. The van der Waals surface area contributed by atoms with Crippen LogP contribution in [-0.4, -0.2) is 11.3 Å².